The van der Waals surface area contributed by atoms with E-state index in [0.717, 1.165) is 29.7 Å². The molecule has 5 aromatic rings. The highest BCUT2D eigenvalue weighted by Crippen LogP contribution is 2.47. The van der Waals surface area contributed by atoms with Gasteiger partial charge in [-0.1, -0.05) is 84.9 Å². The SMILES string of the molecule is COC(=O)N[C@H](C(=O)N1CCC[C@H]1C(=O)Nc1ccc(C2CCC(c3ccc(NC(=O)[C@@H]4CCCN4C(=O)[C@@H](NC(=O)OC)c4ccccc4)cc3)N2c2ccc(F)cc2)cc1)c1ccccc1. The predicted octanol–water partition coefficient (Wildman–Crippen LogP) is 7.96. The number of anilines is 3. The number of amides is 6. The van der Waals surface area contributed by atoms with Crippen molar-refractivity contribution < 1.29 is 42.6 Å². The van der Waals surface area contributed by atoms with Crippen LogP contribution in [0.1, 0.15) is 84.9 Å². The molecule has 0 radical (unpaired) electrons. The van der Waals surface area contributed by atoms with Crippen molar-refractivity contribution in [3.63, 3.8) is 0 Å². The maximum absolute atomic E-state index is 14.3. The molecule has 3 aliphatic heterocycles. The summed E-state index contributed by atoms with van der Waals surface area (Å²) in [5, 5.41) is 11.2. The minimum absolute atomic E-state index is 0.103. The van der Waals surface area contributed by atoms with Crippen LogP contribution in [0.25, 0.3) is 0 Å². The van der Waals surface area contributed by atoms with Gasteiger partial charge in [-0.05, 0) is 109 Å². The third kappa shape index (κ3) is 10.4. The molecule has 3 heterocycles. The van der Waals surface area contributed by atoms with Crippen LogP contribution < -0.4 is 26.2 Å². The molecule has 352 valence electrons. The molecule has 0 bridgehead atoms. The van der Waals surface area contributed by atoms with E-state index in [1.807, 2.05) is 60.7 Å². The Morgan fingerprint density at radius 2 is 0.926 bits per heavy atom. The van der Waals surface area contributed by atoms with Crippen LogP contribution in [0.4, 0.5) is 31.0 Å². The number of likely N-dealkylation sites (tertiary alicyclic amines) is 2. The Labute approximate surface area is 394 Å². The average molecular weight is 924 g/mol. The summed E-state index contributed by atoms with van der Waals surface area (Å²) >= 11 is 0. The molecule has 6 atom stereocenters. The van der Waals surface area contributed by atoms with Gasteiger partial charge in [0.1, 0.15) is 30.0 Å². The zero-order valence-corrected chi connectivity index (χ0v) is 37.8. The highest BCUT2D eigenvalue weighted by Gasteiger charge is 2.41. The quantitative estimate of drug-likeness (QED) is 0.0912. The summed E-state index contributed by atoms with van der Waals surface area (Å²) in [6.45, 7) is 0.718. The van der Waals surface area contributed by atoms with Gasteiger partial charge in [-0.2, -0.15) is 0 Å². The number of carbonyl (C=O) groups excluding carboxylic acids is 6. The highest BCUT2D eigenvalue weighted by molar-refractivity contribution is 6.00. The fraction of sp³-hybridized carbons (Fsp3) is 0.308. The molecule has 0 aliphatic carbocycles. The van der Waals surface area contributed by atoms with Crippen molar-refractivity contribution in [1.29, 1.82) is 0 Å². The van der Waals surface area contributed by atoms with Gasteiger partial charge in [0.15, 0.2) is 0 Å². The van der Waals surface area contributed by atoms with Gasteiger partial charge in [0.25, 0.3) is 11.8 Å². The average Bonchev–Trinajstić information content (AvgIpc) is 4.17. The number of rotatable bonds is 13. The molecule has 15 nitrogen and oxygen atoms in total. The molecule has 6 amide bonds. The van der Waals surface area contributed by atoms with Gasteiger partial charge < -0.3 is 45.4 Å². The zero-order valence-electron chi connectivity index (χ0n) is 37.8. The van der Waals surface area contributed by atoms with Gasteiger partial charge in [-0.15, -0.1) is 0 Å². The van der Waals surface area contributed by atoms with Gasteiger partial charge in [-0.3, -0.25) is 19.2 Å². The largest absolute Gasteiger partial charge is 0.453 e. The molecule has 16 heteroatoms. The summed E-state index contributed by atoms with van der Waals surface area (Å²) in [5.41, 5.74) is 5.07. The molecule has 3 saturated heterocycles. The number of hydrogen-bond acceptors (Lipinski definition) is 9. The molecule has 2 unspecified atom stereocenters. The number of benzene rings is 5. The molecular formula is C52H54FN7O8. The number of nitrogens with zero attached hydrogens (tertiary/aromatic N) is 3. The molecule has 5 aromatic carbocycles. The molecule has 3 fully saturated rings. The number of nitrogens with one attached hydrogen (secondary N) is 4. The molecular weight excluding hydrogens is 870 g/mol. The Morgan fingerprint density at radius 3 is 1.31 bits per heavy atom. The normalized spacial score (nSPS) is 19.7. The van der Waals surface area contributed by atoms with Crippen molar-refractivity contribution >= 4 is 52.9 Å². The number of halogens is 1. The first kappa shape index (κ1) is 46.8. The second-order valence-electron chi connectivity index (χ2n) is 17.1. The van der Waals surface area contributed by atoms with Crippen LogP contribution in [-0.4, -0.2) is 85.0 Å². The molecule has 3 aliphatic rings. The van der Waals surface area contributed by atoms with Crippen LogP contribution in [-0.2, 0) is 28.7 Å². The van der Waals surface area contributed by atoms with Crippen molar-refractivity contribution in [2.24, 2.45) is 0 Å². The summed E-state index contributed by atoms with van der Waals surface area (Å²) < 4.78 is 23.8. The Balaban J connectivity index is 0.940. The fourth-order valence-electron chi connectivity index (χ4n) is 9.62. The highest BCUT2D eigenvalue weighted by atomic mass is 19.1. The summed E-state index contributed by atoms with van der Waals surface area (Å²) in [4.78, 5) is 85.1. The monoisotopic (exact) mass is 923 g/mol. The van der Waals surface area contributed by atoms with E-state index in [0.29, 0.717) is 61.3 Å². The minimum atomic E-state index is -1.03. The lowest BCUT2D eigenvalue weighted by atomic mass is 10.0. The maximum atomic E-state index is 14.3. The Bertz CT molecular complexity index is 2430. The first-order chi connectivity index (χ1) is 33.0. The molecule has 0 spiro atoms. The third-order valence-corrected chi connectivity index (χ3v) is 13.0. The van der Waals surface area contributed by atoms with Crippen LogP contribution in [0.2, 0.25) is 0 Å². The fourth-order valence-corrected chi connectivity index (χ4v) is 9.62. The minimum Gasteiger partial charge on any atom is -0.453 e. The molecule has 0 aromatic heterocycles. The second-order valence-corrected chi connectivity index (χ2v) is 17.1. The number of ether oxygens (including phenoxy) is 2. The van der Waals surface area contributed by atoms with Gasteiger partial charge >= 0.3 is 12.2 Å². The molecule has 0 saturated carbocycles. The number of hydrogen-bond donors (Lipinski definition) is 4. The zero-order chi connectivity index (χ0) is 47.7. The first-order valence-electron chi connectivity index (χ1n) is 22.8. The van der Waals surface area contributed by atoms with Gasteiger partial charge in [0.05, 0.1) is 26.3 Å². The standard InChI is InChI=1S/C52H54FN7O8/c1-67-51(65)56-45(35-11-5-3-6-12-35)49(63)58-31-9-15-43(58)47(61)54-38-23-17-33(18-24-38)41-29-30-42(60(41)40-27-21-37(53)22-28-40)34-19-25-39(26-20-34)55-48(62)44-16-10-32-59(44)50(64)46(57-52(66)68-2)36-13-7-4-8-14-36/h3-8,11-14,17-28,41-46H,9-10,15-16,29-32H2,1-2H3,(H,54,61)(H,55,62)(H,56,65)(H,57,66)/t41?,42?,43-,44-,45-,46-/m0/s1. The number of alkyl carbamates (subject to hydrolysis) is 2. The van der Waals surface area contributed by atoms with Crippen LogP contribution in [0.5, 0.6) is 0 Å². The summed E-state index contributed by atoms with van der Waals surface area (Å²) in [6.07, 6.45) is 2.21. The Hall–Kier alpha value is -7.75. The van der Waals surface area contributed by atoms with Crippen molar-refractivity contribution in [2.45, 2.75) is 74.8 Å². The molecule has 68 heavy (non-hydrogen) atoms. The Kier molecular flexibility index (Phi) is 14.6. The predicted molar refractivity (Wildman–Crippen MR) is 253 cm³/mol. The third-order valence-electron chi connectivity index (χ3n) is 13.0. The lowest BCUT2D eigenvalue weighted by Gasteiger charge is -2.33. The first-order valence-corrected chi connectivity index (χ1v) is 22.8. The summed E-state index contributed by atoms with van der Waals surface area (Å²) in [5.74, 6) is -1.82. The van der Waals surface area contributed by atoms with Crippen molar-refractivity contribution in [3.8, 4) is 0 Å². The van der Waals surface area contributed by atoms with E-state index in [9.17, 15) is 33.2 Å². The van der Waals surface area contributed by atoms with E-state index in [-0.39, 0.29) is 29.7 Å². The van der Waals surface area contributed by atoms with Crippen molar-refractivity contribution in [2.75, 3.05) is 42.8 Å². The number of carbonyl (C=O) groups is 6. The van der Waals surface area contributed by atoms with Crippen molar-refractivity contribution in [3.05, 3.63) is 162 Å². The lowest BCUT2D eigenvalue weighted by Crippen LogP contribution is -2.48. The van der Waals surface area contributed by atoms with Crippen LogP contribution in [0.15, 0.2) is 133 Å². The van der Waals surface area contributed by atoms with E-state index >= 15 is 0 Å². The van der Waals surface area contributed by atoms with E-state index in [4.69, 9.17) is 9.47 Å². The van der Waals surface area contributed by atoms with E-state index < -0.39 is 48.2 Å². The molecule has 8 rings (SSSR count). The van der Waals surface area contributed by atoms with E-state index in [2.05, 4.69) is 26.2 Å². The van der Waals surface area contributed by atoms with Crippen LogP contribution in [0, 0.1) is 5.82 Å². The second kappa shape index (κ2) is 21.3. The van der Waals surface area contributed by atoms with Gasteiger partial charge in [0, 0.05) is 30.2 Å². The maximum Gasteiger partial charge on any atom is 0.407 e. The smallest absolute Gasteiger partial charge is 0.407 e. The van der Waals surface area contributed by atoms with Gasteiger partial charge in [-0.25, -0.2) is 14.0 Å². The lowest BCUT2D eigenvalue weighted by molar-refractivity contribution is -0.138. The van der Waals surface area contributed by atoms with Crippen molar-refractivity contribution in [1.82, 2.24) is 20.4 Å². The van der Waals surface area contributed by atoms with E-state index in [1.165, 1.54) is 36.2 Å². The van der Waals surface area contributed by atoms with Gasteiger partial charge in [0.2, 0.25) is 11.8 Å². The summed E-state index contributed by atoms with van der Waals surface area (Å²) in [6, 6.07) is 35.5. The van der Waals surface area contributed by atoms with E-state index in [1.54, 1.807) is 60.7 Å². The Morgan fingerprint density at radius 1 is 0.529 bits per heavy atom. The van der Waals surface area contributed by atoms with Crippen LogP contribution >= 0.6 is 0 Å². The summed E-state index contributed by atoms with van der Waals surface area (Å²) in [7, 11) is 2.45. The van der Waals surface area contributed by atoms with Crippen LogP contribution in [0.3, 0.4) is 0 Å². The number of methoxy groups -OCH3 is 2. The topological polar surface area (TPSA) is 179 Å². The molecule has 4 N–H and O–H groups in total.